The van der Waals surface area contributed by atoms with E-state index in [1.807, 2.05) is 88.4 Å². The van der Waals surface area contributed by atoms with Gasteiger partial charge in [-0.1, -0.05) is 119 Å². The summed E-state index contributed by atoms with van der Waals surface area (Å²) in [4.78, 5) is 18.3. The van der Waals surface area contributed by atoms with Gasteiger partial charge < -0.3 is 4.98 Å². The lowest BCUT2D eigenvalue weighted by molar-refractivity contribution is -0.289. The van der Waals surface area contributed by atoms with E-state index in [9.17, 15) is 13.2 Å². The van der Waals surface area contributed by atoms with Gasteiger partial charge in [0.2, 0.25) is 0 Å². The van der Waals surface area contributed by atoms with Gasteiger partial charge in [-0.25, -0.2) is 9.98 Å². The summed E-state index contributed by atoms with van der Waals surface area (Å²) in [6.07, 6.45) is 2.13. The quantitative estimate of drug-likeness (QED) is 0.173. The molecule has 4 aliphatic rings. The first-order valence-electron chi connectivity index (χ1n) is 19.2. The van der Waals surface area contributed by atoms with Crippen LogP contribution in [0.3, 0.4) is 0 Å². The summed E-state index contributed by atoms with van der Waals surface area (Å²) in [5, 5.41) is 1.46. The van der Waals surface area contributed by atoms with E-state index in [4.69, 9.17) is 9.98 Å². The molecule has 0 spiro atoms. The van der Waals surface area contributed by atoms with E-state index in [2.05, 4.69) is 9.98 Å². The standard InChI is InChI=1S/C50H37F5N4/c1-28-5-13-32(14-6-28)43-36-27-56-48(47(36)49(51,52)50(53,54)55)46(35-19-11-31(4)12-20-35)42-26-25-41(59-42)45(34-17-9-30(3)10-18-34)40-24-23-39(58-40)44(38-22-21-37(43)57-38)33-15-7-29(2)8-16-33/h5-27,47,58H,1-4H3. The second-order valence-corrected chi connectivity index (χ2v) is 15.3. The third kappa shape index (κ3) is 6.70. The molecule has 9 heteroatoms. The number of hydrogen-bond donors (Lipinski definition) is 1. The lowest BCUT2D eigenvalue weighted by Crippen LogP contribution is -2.47. The van der Waals surface area contributed by atoms with Crippen LogP contribution in [0.4, 0.5) is 22.0 Å². The van der Waals surface area contributed by atoms with Gasteiger partial charge >= 0.3 is 12.1 Å². The highest BCUT2D eigenvalue weighted by molar-refractivity contribution is 6.34. The normalized spacial score (nSPS) is 17.8. The van der Waals surface area contributed by atoms with Gasteiger partial charge in [-0.15, -0.1) is 0 Å². The van der Waals surface area contributed by atoms with Gasteiger partial charge in [-0.05, 0) is 92.0 Å². The zero-order valence-corrected chi connectivity index (χ0v) is 32.6. The van der Waals surface area contributed by atoms with Gasteiger partial charge in [0.25, 0.3) is 0 Å². The third-order valence-corrected chi connectivity index (χ3v) is 11.1. The number of alkyl halides is 5. The largest absolute Gasteiger partial charge is 0.454 e. The highest BCUT2D eigenvalue weighted by atomic mass is 19.4. The van der Waals surface area contributed by atoms with Crippen molar-refractivity contribution in [3.63, 3.8) is 0 Å². The summed E-state index contributed by atoms with van der Waals surface area (Å²) in [6.45, 7) is 7.73. The average molecular weight is 789 g/mol. The molecule has 8 bridgehead atoms. The number of H-pyrrole nitrogens is 1. The number of halogens is 5. The van der Waals surface area contributed by atoms with Crippen LogP contribution in [0.25, 0.3) is 22.3 Å². The van der Waals surface area contributed by atoms with Crippen molar-refractivity contribution in [2.75, 3.05) is 0 Å². The Balaban J connectivity index is 1.44. The van der Waals surface area contributed by atoms with Crippen molar-refractivity contribution < 1.29 is 22.0 Å². The predicted molar refractivity (Wildman–Crippen MR) is 227 cm³/mol. The Hall–Kier alpha value is -6.74. The third-order valence-electron chi connectivity index (χ3n) is 11.1. The highest BCUT2D eigenvalue weighted by Crippen LogP contribution is 2.52. The smallest absolute Gasteiger partial charge is 0.354 e. The maximum Gasteiger partial charge on any atom is 0.454 e. The van der Waals surface area contributed by atoms with Gasteiger partial charge in [0.15, 0.2) is 0 Å². The molecule has 0 amide bonds. The summed E-state index contributed by atoms with van der Waals surface area (Å²) >= 11 is 0. The fourth-order valence-corrected chi connectivity index (χ4v) is 8.00. The number of allylic oxidation sites excluding steroid dienone is 7. The minimum atomic E-state index is -5.93. The Morgan fingerprint density at radius 1 is 0.458 bits per heavy atom. The molecule has 9 rings (SSSR count). The lowest BCUT2D eigenvalue weighted by atomic mass is 9.78. The minimum Gasteiger partial charge on any atom is -0.354 e. The molecule has 0 radical (unpaired) electrons. The second kappa shape index (κ2) is 14.3. The molecule has 0 saturated carbocycles. The molecule has 292 valence electrons. The van der Waals surface area contributed by atoms with E-state index in [1.165, 1.54) is 0 Å². The van der Waals surface area contributed by atoms with Crippen molar-refractivity contribution in [2.24, 2.45) is 20.9 Å². The Kier molecular flexibility index (Phi) is 9.15. The number of nitrogens with zero attached hydrogens (tertiary/aromatic N) is 3. The Morgan fingerprint density at radius 2 is 0.831 bits per heavy atom. The van der Waals surface area contributed by atoms with E-state index in [-0.39, 0.29) is 28.1 Å². The van der Waals surface area contributed by atoms with Crippen LogP contribution in [-0.2, 0) is 0 Å². The summed E-state index contributed by atoms with van der Waals surface area (Å²) in [7, 11) is 0. The van der Waals surface area contributed by atoms with Crippen molar-refractivity contribution >= 4 is 39.4 Å². The van der Waals surface area contributed by atoms with Crippen LogP contribution in [0.1, 0.15) is 44.5 Å². The molecule has 1 N–H and O–H groups in total. The van der Waals surface area contributed by atoms with Crippen LogP contribution in [0.5, 0.6) is 0 Å². The van der Waals surface area contributed by atoms with Gasteiger partial charge in [0, 0.05) is 39.2 Å². The number of aromatic nitrogens is 1. The van der Waals surface area contributed by atoms with Crippen molar-refractivity contribution in [1.29, 1.82) is 0 Å². The topological polar surface area (TPSA) is 52.9 Å². The van der Waals surface area contributed by atoms with Crippen molar-refractivity contribution in [2.45, 2.75) is 39.8 Å². The number of aliphatic imine (C=N–C) groups is 3. The Labute approximate surface area is 338 Å². The van der Waals surface area contributed by atoms with Gasteiger partial charge in [-0.2, -0.15) is 22.0 Å². The van der Waals surface area contributed by atoms with Crippen LogP contribution < -0.4 is 10.7 Å². The summed E-state index contributed by atoms with van der Waals surface area (Å²) in [5.74, 6) is -7.81. The van der Waals surface area contributed by atoms with E-state index in [1.54, 1.807) is 72.8 Å². The fraction of sp³-hybridized carbons (Fsp3) is 0.140. The number of benzene rings is 4. The van der Waals surface area contributed by atoms with Gasteiger partial charge in [-0.3, -0.25) is 4.99 Å². The zero-order valence-electron chi connectivity index (χ0n) is 32.6. The van der Waals surface area contributed by atoms with Crippen LogP contribution >= 0.6 is 0 Å². The zero-order chi connectivity index (χ0) is 41.2. The number of rotatable bonds is 5. The first-order chi connectivity index (χ1) is 28.3. The minimum absolute atomic E-state index is 0.0772. The maximum atomic E-state index is 16.7. The molecule has 4 aliphatic heterocycles. The molecular formula is C50H37F5N4. The molecule has 0 fully saturated rings. The van der Waals surface area contributed by atoms with Crippen LogP contribution in [-0.4, -0.2) is 34.2 Å². The van der Waals surface area contributed by atoms with Gasteiger partial charge in [0.1, 0.15) is 5.92 Å². The second-order valence-electron chi connectivity index (χ2n) is 15.3. The molecule has 1 atom stereocenters. The first kappa shape index (κ1) is 37.8. The summed E-state index contributed by atoms with van der Waals surface area (Å²) in [6, 6.07) is 33.9. The van der Waals surface area contributed by atoms with Crippen LogP contribution in [0.2, 0.25) is 0 Å². The number of fused-ring (bicyclic) bond motifs is 6. The lowest BCUT2D eigenvalue weighted by Gasteiger charge is -2.31. The Morgan fingerprint density at radius 3 is 1.24 bits per heavy atom. The first-order valence-corrected chi connectivity index (χ1v) is 19.2. The van der Waals surface area contributed by atoms with E-state index < -0.39 is 23.7 Å². The van der Waals surface area contributed by atoms with Crippen LogP contribution in [0, 0.1) is 33.6 Å². The van der Waals surface area contributed by atoms with E-state index in [0.717, 1.165) is 61.4 Å². The predicted octanol–water partition coefficient (Wildman–Crippen LogP) is 10.7. The fourth-order valence-electron chi connectivity index (χ4n) is 8.00. The molecule has 1 aromatic heterocycles. The summed E-state index contributed by atoms with van der Waals surface area (Å²) < 4.78 is 78.2. The molecule has 0 aliphatic carbocycles. The monoisotopic (exact) mass is 788 g/mol. The molecule has 5 heterocycles. The SMILES string of the molecule is Cc1ccc(C2=C3C=CC(=N3)C(c3ccc(C)cc3)=c3ccc([nH]3)=C(c3ccc(C)cc3)C3=NC(=C(c4ccc(C)cc4)C4=NC=C2C4C(F)(F)C(F)(F)F)C=C3)cc1. The average Bonchev–Trinajstić information content (AvgIpc) is 4.04. The van der Waals surface area contributed by atoms with Crippen molar-refractivity contribution in [1.82, 2.24) is 4.98 Å². The molecule has 4 aromatic carbocycles. The van der Waals surface area contributed by atoms with E-state index >= 15 is 8.78 Å². The maximum absolute atomic E-state index is 16.7. The molecule has 1 unspecified atom stereocenters. The van der Waals surface area contributed by atoms with Crippen molar-refractivity contribution in [3.05, 3.63) is 212 Å². The number of hydrogen-bond acceptors (Lipinski definition) is 3. The molecule has 0 saturated heterocycles. The molecule has 59 heavy (non-hydrogen) atoms. The van der Waals surface area contributed by atoms with E-state index in [0.29, 0.717) is 22.6 Å². The molecular weight excluding hydrogens is 752 g/mol. The number of aromatic amines is 1. The number of aryl methyl sites for hydroxylation is 4. The number of nitrogens with one attached hydrogen (secondary N) is 1. The Bertz CT molecular complexity index is 2740. The van der Waals surface area contributed by atoms with Crippen molar-refractivity contribution in [3.8, 4) is 0 Å². The van der Waals surface area contributed by atoms with Gasteiger partial charge in [0.05, 0.1) is 28.5 Å². The molecule has 5 aromatic rings. The highest BCUT2D eigenvalue weighted by Gasteiger charge is 2.66. The van der Waals surface area contributed by atoms with Crippen LogP contribution in [0.15, 0.2) is 172 Å². The molecule has 4 nitrogen and oxygen atoms in total. The summed E-state index contributed by atoms with van der Waals surface area (Å²) in [5.41, 5.74) is 8.72.